The first-order valence-corrected chi connectivity index (χ1v) is 8.83. The summed E-state index contributed by atoms with van der Waals surface area (Å²) in [6.45, 7) is 4.22. The number of hydrogen-bond acceptors (Lipinski definition) is 5. The Morgan fingerprint density at radius 2 is 2.17 bits per heavy atom. The Hall–Kier alpha value is -1.54. The number of aliphatic hydroxyl groups excluding tert-OH is 1. The first-order chi connectivity index (χ1) is 11.3. The molecular formula is C16H26N4O3S. The molecule has 1 aliphatic carbocycles. The highest BCUT2D eigenvalue weighted by molar-refractivity contribution is 7.80. The van der Waals surface area contributed by atoms with Crippen LogP contribution in [0.15, 0.2) is 5.10 Å². The highest BCUT2D eigenvalue weighted by Crippen LogP contribution is 2.35. The van der Waals surface area contributed by atoms with E-state index in [1.54, 1.807) is 0 Å². The largest absolute Gasteiger partial charge is 0.392 e. The van der Waals surface area contributed by atoms with Gasteiger partial charge in [0.2, 0.25) is 11.8 Å². The van der Waals surface area contributed by atoms with Crippen molar-refractivity contribution in [3.63, 3.8) is 0 Å². The Labute approximate surface area is 147 Å². The molecule has 2 rings (SSSR count). The van der Waals surface area contributed by atoms with Crippen LogP contribution in [-0.2, 0) is 9.59 Å². The number of hydrazone groups is 1. The number of nitrogens with two attached hydrogens (primary N) is 1. The van der Waals surface area contributed by atoms with Crippen molar-refractivity contribution >= 4 is 34.9 Å². The topological polar surface area (TPSA) is 117 Å². The maximum Gasteiger partial charge on any atom is 0.229 e. The van der Waals surface area contributed by atoms with Gasteiger partial charge in [-0.15, -0.1) is 0 Å². The van der Waals surface area contributed by atoms with Gasteiger partial charge < -0.3 is 10.8 Å². The van der Waals surface area contributed by atoms with E-state index in [2.05, 4.69) is 29.7 Å². The zero-order valence-corrected chi connectivity index (χ0v) is 14.9. The van der Waals surface area contributed by atoms with Gasteiger partial charge in [-0.1, -0.05) is 13.8 Å². The van der Waals surface area contributed by atoms with Crippen molar-refractivity contribution in [2.24, 2.45) is 34.5 Å². The molecule has 1 aliphatic heterocycles. The van der Waals surface area contributed by atoms with Gasteiger partial charge in [-0.25, -0.2) is 0 Å². The third-order valence-corrected chi connectivity index (χ3v) is 5.03. The number of imide groups is 1. The molecule has 1 heterocycles. The Morgan fingerprint density at radius 1 is 1.46 bits per heavy atom. The smallest absolute Gasteiger partial charge is 0.229 e. The normalized spacial score (nSPS) is 33.9. The molecule has 8 heteroatoms. The molecule has 0 aromatic heterocycles. The van der Waals surface area contributed by atoms with E-state index in [0.717, 1.165) is 18.6 Å². The molecule has 2 aliphatic rings. The number of aliphatic hydroxyl groups is 1. The minimum Gasteiger partial charge on any atom is -0.392 e. The van der Waals surface area contributed by atoms with Crippen molar-refractivity contribution in [3.05, 3.63) is 0 Å². The molecular weight excluding hydrogens is 328 g/mol. The van der Waals surface area contributed by atoms with Crippen LogP contribution >= 0.6 is 12.2 Å². The molecule has 0 bridgehead atoms. The third-order valence-electron chi connectivity index (χ3n) is 4.94. The van der Waals surface area contributed by atoms with Crippen molar-refractivity contribution in [1.82, 2.24) is 10.7 Å². The molecule has 1 saturated carbocycles. The Morgan fingerprint density at radius 3 is 2.79 bits per heavy atom. The molecule has 2 fully saturated rings. The van der Waals surface area contributed by atoms with E-state index in [1.165, 1.54) is 0 Å². The van der Waals surface area contributed by atoms with Gasteiger partial charge in [-0.2, -0.15) is 5.10 Å². The molecule has 2 amide bonds. The van der Waals surface area contributed by atoms with E-state index in [4.69, 9.17) is 18.0 Å². The summed E-state index contributed by atoms with van der Waals surface area (Å²) in [7, 11) is 0. The zero-order valence-electron chi connectivity index (χ0n) is 14.1. The number of rotatable bonds is 4. The second kappa shape index (κ2) is 8.02. The van der Waals surface area contributed by atoms with E-state index in [0.29, 0.717) is 25.2 Å². The summed E-state index contributed by atoms with van der Waals surface area (Å²) < 4.78 is 0. The molecule has 0 aromatic rings. The van der Waals surface area contributed by atoms with Crippen molar-refractivity contribution < 1.29 is 14.7 Å². The van der Waals surface area contributed by atoms with Gasteiger partial charge in [-0.3, -0.25) is 20.3 Å². The molecule has 5 atom stereocenters. The lowest BCUT2D eigenvalue weighted by Crippen LogP contribution is -2.45. The molecule has 5 unspecified atom stereocenters. The standard InChI is InChI=1S/C16H26N4O3S/c1-8-5-9(2)14(19-20-16(17)24)11(6-8)12(21)7-10-3-4-13(22)18-15(10)23/h8-12,21H,3-7H2,1-2H3,(H3,17,20,24)(H,18,22,23)/b19-14+. The molecule has 0 radical (unpaired) electrons. The van der Waals surface area contributed by atoms with Crippen LogP contribution in [0.3, 0.4) is 0 Å². The van der Waals surface area contributed by atoms with E-state index in [1.807, 2.05) is 0 Å². The quantitative estimate of drug-likeness (QED) is 0.335. The Bertz CT molecular complexity index is 551. The van der Waals surface area contributed by atoms with Crippen LogP contribution < -0.4 is 16.5 Å². The fourth-order valence-electron chi connectivity index (χ4n) is 3.83. The molecule has 24 heavy (non-hydrogen) atoms. The van der Waals surface area contributed by atoms with Gasteiger partial charge >= 0.3 is 0 Å². The lowest BCUT2D eigenvalue weighted by molar-refractivity contribution is -0.137. The molecule has 134 valence electrons. The second-order valence-corrected chi connectivity index (χ2v) is 7.49. The highest BCUT2D eigenvalue weighted by atomic mass is 32.1. The van der Waals surface area contributed by atoms with Crippen LogP contribution in [0, 0.1) is 23.7 Å². The molecule has 0 aromatic carbocycles. The number of hydrogen-bond donors (Lipinski definition) is 4. The molecule has 0 spiro atoms. The summed E-state index contributed by atoms with van der Waals surface area (Å²) in [6, 6.07) is 0. The average molecular weight is 354 g/mol. The number of piperidine rings is 1. The molecule has 7 nitrogen and oxygen atoms in total. The van der Waals surface area contributed by atoms with Gasteiger partial charge in [0, 0.05) is 24.0 Å². The maximum atomic E-state index is 11.9. The lowest BCUT2D eigenvalue weighted by Gasteiger charge is -2.37. The van der Waals surface area contributed by atoms with E-state index in [-0.39, 0.29) is 34.7 Å². The van der Waals surface area contributed by atoms with Gasteiger partial charge in [-0.05, 0) is 49.7 Å². The molecule has 5 N–H and O–H groups in total. The van der Waals surface area contributed by atoms with Crippen LogP contribution in [-0.4, -0.2) is 33.8 Å². The van der Waals surface area contributed by atoms with Crippen LogP contribution in [0.2, 0.25) is 0 Å². The third kappa shape index (κ3) is 4.73. The minimum atomic E-state index is -0.689. The summed E-state index contributed by atoms with van der Waals surface area (Å²) >= 11 is 4.80. The van der Waals surface area contributed by atoms with Crippen LogP contribution in [0.1, 0.15) is 46.0 Å². The molecule has 1 saturated heterocycles. The summed E-state index contributed by atoms with van der Waals surface area (Å²) in [5.41, 5.74) is 8.92. The summed E-state index contributed by atoms with van der Waals surface area (Å²) in [5.74, 6) is -0.344. The maximum absolute atomic E-state index is 11.9. The van der Waals surface area contributed by atoms with Crippen molar-refractivity contribution in [2.45, 2.75) is 52.1 Å². The fourth-order valence-corrected chi connectivity index (χ4v) is 3.87. The average Bonchev–Trinajstić information content (AvgIpc) is 2.48. The Kier molecular flexibility index (Phi) is 6.28. The summed E-state index contributed by atoms with van der Waals surface area (Å²) in [6.07, 6.45) is 2.23. The van der Waals surface area contributed by atoms with E-state index >= 15 is 0 Å². The zero-order chi connectivity index (χ0) is 17.9. The monoisotopic (exact) mass is 354 g/mol. The van der Waals surface area contributed by atoms with E-state index in [9.17, 15) is 14.7 Å². The van der Waals surface area contributed by atoms with Gasteiger partial charge in [0.1, 0.15) is 0 Å². The number of thiocarbonyl (C=S) groups is 1. The van der Waals surface area contributed by atoms with Crippen molar-refractivity contribution in [2.75, 3.05) is 0 Å². The number of carbonyl (C=O) groups excluding carboxylic acids is 2. The SMILES string of the molecule is CC1CC(C)/C(=N\NC(N)=S)C(C(O)CC2CCC(=O)NC2=O)C1. The number of carbonyl (C=O) groups is 2. The van der Waals surface area contributed by atoms with Crippen LogP contribution in [0.25, 0.3) is 0 Å². The number of amides is 2. The van der Waals surface area contributed by atoms with Crippen molar-refractivity contribution in [1.29, 1.82) is 0 Å². The van der Waals surface area contributed by atoms with Crippen LogP contribution in [0.4, 0.5) is 0 Å². The van der Waals surface area contributed by atoms with Gasteiger partial charge in [0.25, 0.3) is 0 Å². The lowest BCUT2D eigenvalue weighted by atomic mass is 9.71. The first kappa shape index (κ1) is 18.8. The predicted octanol–water partition coefficient (Wildman–Crippen LogP) is 0.662. The first-order valence-electron chi connectivity index (χ1n) is 8.42. The minimum absolute atomic E-state index is 0.0896. The Balaban J connectivity index is 2.09. The van der Waals surface area contributed by atoms with E-state index < -0.39 is 6.10 Å². The number of nitrogens with one attached hydrogen (secondary N) is 2. The summed E-state index contributed by atoms with van der Waals surface area (Å²) in [4.78, 5) is 23.2. The van der Waals surface area contributed by atoms with Gasteiger partial charge in [0.05, 0.1) is 6.10 Å². The second-order valence-electron chi connectivity index (χ2n) is 7.05. The highest BCUT2D eigenvalue weighted by Gasteiger charge is 2.38. The van der Waals surface area contributed by atoms with Gasteiger partial charge in [0.15, 0.2) is 5.11 Å². The predicted molar refractivity (Wildman–Crippen MR) is 94.9 cm³/mol. The van der Waals surface area contributed by atoms with Crippen LogP contribution in [0.5, 0.6) is 0 Å². The number of nitrogens with zero attached hydrogens (tertiary/aromatic N) is 1. The fraction of sp³-hybridized carbons (Fsp3) is 0.750. The van der Waals surface area contributed by atoms with Crippen molar-refractivity contribution in [3.8, 4) is 0 Å². The summed E-state index contributed by atoms with van der Waals surface area (Å²) in [5, 5.41) is 17.5.